The fraction of sp³-hybridized carbons (Fsp3) is 0. The second kappa shape index (κ2) is 9.88. The lowest BCUT2D eigenvalue weighted by Crippen LogP contribution is -1.85. The zero-order valence-electron chi connectivity index (χ0n) is 25.4. The molecule has 0 saturated heterocycles. The number of nitrogens with zero attached hydrogens (tertiary/aromatic N) is 1. The van der Waals surface area contributed by atoms with Crippen LogP contribution in [0.1, 0.15) is 0 Å². The number of hydrogen-bond acceptors (Lipinski definition) is 5. The first-order valence-corrected chi connectivity index (χ1v) is 17.6. The quantitative estimate of drug-likeness (QED) is 0.191. The molecule has 0 aliphatic carbocycles. The molecule has 0 spiro atoms. The maximum Gasteiger partial charge on any atom is 0.135 e. The number of furan rings is 2. The molecule has 0 aliphatic heterocycles. The van der Waals surface area contributed by atoms with Gasteiger partial charge in [-0.1, -0.05) is 84.9 Å². The number of aromatic nitrogens is 1. The minimum absolute atomic E-state index is 0.892. The van der Waals surface area contributed by atoms with E-state index in [0.29, 0.717) is 0 Å². The van der Waals surface area contributed by atoms with Crippen LogP contribution in [0.2, 0.25) is 0 Å². The van der Waals surface area contributed by atoms with Crippen molar-refractivity contribution in [2.45, 2.75) is 0 Å². The second-order valence-electron chi connectivity index (χ2n) is 12.3. The standard InChI is InChI=1S/C43H23NO2S2/c1-4-10-35-29(7-1)32-21-24(13-18-37(32)45-35)27-16-17-28(25-14-19-38-33(22-25)30-8-2-5-11-36(30)46-38)42-41(27)44-43(48-42)26-15-20-40-34(23-26)31-9-3-6-12-39(31)47-40/h1-23H. The molecule has 0 unspecified atom stereocenters. The summed E-state index contributed by atoms with van der Waals surface area (Å²) in [6, 6.07) is 49.5. The first-order valence-electron chi connectivity index (χ1n) is 15.9. The van der Waals surface area contributed by atoms with Crippen molar-refractivity contribution in [2.75, 3.05) is 0 Å². The van der Waals surface area contributed by atoms with Gasteiger partial charge in [0.2, 0.25) is 0 Å². The van der Waals surface area contributed by atoms with Gasteiger partial charge in [0.05, 0.1) is 10.2 Å². The highest BCUT2D eigenvalue weighted by molar-refractivity contribution is 7.26. The average Bonchev–Trinajstić information content (AvgIpc) is 3.91. The molecule has 11 aromatic rings. The number of thiazole rings is 1. The first-order chi connectivity index (χ1) is 23.7. The molecular formula is C43H23NO2S2. The van der Waals surface area contributed by atoms with E-state index in [1.807, 2.05) is 35.6 Å². The Kier molecular flexibility index (Phi) is 5.42. The third-order valence-corrected chi connectivity index (χ3v) is 11.8. The number of benzene rings is 7. The summed E-state index contributed by atoms with van der Waals surface area (Å²) in [6.07, 6.45) is 0. The Morgan fingerprint density at radius 2 is 0.938 bits per heavy atom. The van der Waals surface area contributed by atoms with Gasteiger partial charge >= 0.3 is 0 Å². The van der Waals surface area contributed by atoms with Gasteiger partial charge < -0.3 is 8.83 Å². The highest BCUT2D eigenvalue weighted by atomic mass is 32.1. The van der Waals surface area contributed by atoms with Gasteiger partial charge in [-0.3, -0.25) is 0 Å². The first kappa shape index (κ1) is 26.3. The summed E-state index contributed by atoms with van der Waals surface area (Å²) in [5, 5.41) is 8.08. The van der Waals surface area contributed by atoms with Crippen LogP contribution in [0, 0.1) is 0 Å². The van der Waals surface area contributed by atoms with E-state index < -0.39 is 0 Å². The Morgan fingerprint density at radius 3 is 1.67 bits per heavy atom. The summed E-state index contributed by atoms with van der Waals surface area (Å²) in [5.41, 5.74) is 10.3. The molecule has 0 radical (unpaired) electrons. The molecular weight excluding hydrogens is 627 g/mol. The lowest BCUT2D eigenvalue weighted by molar-refractivity contribution is 0.668. The Balaban J connectivity index is 1.16. The molecule has 4 aromatic heterocycles. The van der Waals surface area contributed by atoms with Gasteiger partial charge in [0.25, 0.3) is 0 Å². The van der Waals surface area contributed by atoms with Crippen molar-refractivity contribution in [1.29, 1.82) is 0 Å². The molecule has 11 rings (SSSR count). The van der Waals surface area contributed by atoms with E-state index in [4.69, 9.17) is 13.8 Å². The Morgan fingerprint density at radius 1 is 0.396 bits per heavy atom. The van der Waals surface area contributed by atoms with Crippen LogP contribution in [0.25, 0.3) is 107 Å². The predicted octanol–water partition coefficient (Wildman–Crippen LogP) is 13.5. The number of rotatable bonds is 3. The van der Waals surface area contributed by atoms with E-state index in [1.54, 1.807) is 11.3 Å². The molecule has 5 heteroatoms. The van der Waals surface area contributed by atoms with Crippen LogP contribution in [0.15, 0.2) is 148 Å². The Labute approximate surface area is 281 Å². The molecule has 224 valence electrons. The topological polar surface area (TPSA) is 39.2 Å². The summed E-state index contributed by atoms with van der Waals surface area (Å²) in [5.74, 6) is 0. The van der Waals surface area contributed by atoms with E-state index in [2.05, 4.69) is 115 Å². The number of para-hydroxylation sites is 2. The highest BCUT2D eigenvalue weighted by Crippen LogP contribution is 2.45. The van der Waals surface area contributed by atoms with Crippen LogP contribution < -0.4 is 0 Å². The molecule has 0 amide bonds. The SMILES string of the molecule is c1ccc2c(c1)oc1ccc(-c3ccc(-c4ccc5oc6ccccc6c5c4)c4sc(-c5ccc6sc7ccccc7c6c5)nc34)cc12. The van der Waals surface area contributed by atoms with Gasteiger partial charge in [-0.05, 0) is 65.7 Å². The molecule has 0 saturated carbocycles. The second-order valence-corrected chi connectivity index (χ2v) is 14.4. The molecule has 7 aromatic carbocycles. The van der Waals surface area contributed by atoms with E-state index in [9.17, 15) is 0 Å². The molecule has 4 heterocycles. The van der Waals surface area contributed by atoms with Gasteiger partial charge in [0.1, 0.15) is 27.3 Å². The van der Waals surface area contributed by atoms with Crippen LogP contribution in [0.3, 0.4) is 0 Å². The van der Waals surface area contributed by atoms with E-state index in [0.717, 1.165) is 76.7 Å². The smallest absolute Gasteiger partial charge is 0.135 e. The molecule has 0 fully saturated rings. The highest BCUT2D eigenvalue weighted by Gasteiger charge is 2.19. The molecule has 0 aliphatic rings. The van der Waals surface area contributed by atoms with E-state index >= 15 is 0 Å². The van der Waals surface area contributed by atoms with Gasteiger partial charge in [0, 0.05) is 58.4 Å². The lowest BCUT2D eigenvalue weighted by Gasteiger charge is -2.08. The summed E-state index contributed by atoms with van der Waals surface area (Å²) < 4.78 is 16.1. The number of fused-ring (bicyclic) bond motifs is 10. The number of hydrogen-bond donors (Lipinski definition) is 0. The monoisotopic (exact) mass is 649 g/mol. The third kappa shape index (κ3) is 3.83. The average molecular weight is 650 g/mol. The fourth-order valence-corrected chi connectivity index (χ4v) is 9.45. The van der Waals surface area contributed by atoms with Crippen molar-refractivity contribution in [3.8, 4) is 32.8 Å². The van der Waals surface area contributed by atoms with Gasteiger partial charge in [0.15, 0.2) is 0 Å². The predicted molar refractivity (Wildman–Crippen MR) is 203 cm³/mol. The molecule has 0 bridgehead atoms. The summed E-state index contributed by atoms with van der Waals surface area (Å²) in [4.78, 5) is 5.43. The van der Waals surface area contributed by atoms with E-state index in [-0.39, 0.29) is 0 Å². The fourth-order valence-electron chi connectivity index (χ4n) is 7.24. The van der Waals surface area contributed by atoms with Crippen LogP contribution in [0.4, 0.5) is 0 Å². The van der Waals surface area contributed by atoms with Gasteiger partial charge in [-0.25, -0.2) is 4.98 Å². The van der Waals surface area contributed by atoms with Crippen molar-refractivity contribution in [2.24, 2.45) is 0 Å². The van der Waals surface area contributed by atoms with Crippen molar-refractivity contribution in [1.82, 2.24) is 4.98 Å². The molecule has 0 N–H and O–H groups in total. The van der Waals surface area contributed by atoms with Crippen LogP contribution in [-0.4, -0.2) is 4.98 Å². The van der Waals surface area contributed by atoms with Gasteiger partial charge in [-0.2, -0.15) is 0 Å². The maximum atomic E-state index is 6.17. The number of thiophene rings is 1. The van der Waals surface area contributed by atoms with E-state index in [1.165, 1.54) is 30.4 Å². The minimum atomic E-state index is 0.892. The van der Waals surface area contributed by atoms with Crippen LogP contribution >= 0.6 is 22.7 Å². The lowest BCUT2D eigenvalue weighted by atomic mass is 9.97. The summed E-state index contributed by atoms with van der Waals surface area (Å²) in [6.45, 7) is 0. The van der Waals surface area contributed by atoms with Gasteiger partial charge in [-0.15, -0.1) is 22.7 Å². The molecule has 48 heavy (non-hydrogen) atoms. The van der Waals surface area contributed by atoms with Crippen LogP contribution in [0.5, 0.6) is 0 Å². The van der Waals surface area contributed by atoms with Crippen molar-refractivity contribution < 1.29 is 8.83 Å². The van der Waals surface area contributed by atoms with Crippen molar-refractivity contribution >= 4 is 96.9 Å². The molecule has 0 atom stereocenters. The normalized spacial score (nSPS) is 12.2. The Bertz CT molecular complexity index is 2930. The zero-order valence-corrected chi connectivity index (χ0v) is 27.0. The Hall–Kier alpha value is -5.75. The summed E-state index contributed by atoms with van der Waals surface area (Å²) in [7, 11) is 0. The summed E-state index contributed by atoms with van der Waals surface area (Å²) >= 11 is 3.61. The maximum absolute atomic E-state index is 6.17. The van der Waals surface area contributed by atoms with Crippen LogP contribution in [-0.2, 0) is 0 Å². The van der Waals surface area contributed by atoms with Crippen molar-refractivity contribution in [3.63, 3.8) is 0 Å². The molecule has 3 nitrogen and oxygen atoms in total. The van der Waals surface area contributed by atoms with Crippen molar-refractivity contribution in [3.05, 3.63) is 140 Å². The third-order valence-electron chi connectivity index (χ3n) is 9.54. The zero-order chi connectivity index (χ0) is 31.3. The minimum Gasteiger partial charge on any atom is -0.456 e. The largest absolute Gasteiger partial charge is 0.456 e.